The molecule has 74 valence electrons. The van der Waals surface area contributed by atoms with Crippen LogP contribution in [0.3, 0.4) is 0 Å². The van der Waals surface area contributed by atoms with E-state index in [0.717, 1.165) is 5.56 Å². The van der Waals surface area contributed by atoms with Crippen molar-refractivity contribution in [2.24, 2.45) is 0 Å². The second-order valence-corrected chi connectivity index (χ2v) is 2.76. The lowest BCUT2D eigenvalue weighted by atomic mass is 10.1. The zero-order chi connectivity index (χ0) is 10.4. The Morgan fingerprint density at radius 2 is 2.21 bits per heavy atom. The molecule has 0 aliphatic carbocycles. The summed E-state index contributed by atoms with van der Waals surface area (Å²) in [5, 5.41) is 0. The van der Waals surface area contributed by atoms with Crippen LogP contribution in [0.5, 0.6) is 5.75 Å². The summed E-state index contributed by atoms with van der Waals surface area (Å²) >= 11 is 0. The highest BCUT2D eigenvalue weighted by molar-refractivity contribution is 5.65. The first-order valence-electron chi connectivity index (χ1n) is 4.28. The lowest BCUT2D eigenvalue weighted by Gasteiger charge is -2.06. The molecule has 0 atom stereocenters. The molecule has 0 saturated carbocycles. The van der Waals surface area contributed by atoms with Crippen molar-refractivity contribution >= 4 is 5.97 Å². The van der Waals surface area contributed by atoms with Crippen LogP contribution in [0.1, 0.15) is 12.5 Å². The van der Waals surface area contributed by atoms with Gasteiger partial charge in [-0.15, -0.1) is 6.58 Å². The third-order valence-electron chi connectivity index (χ3n) is 1.59. The van der Waals surface area contributed by atoms with E-state index < -0.39 is 5.97 Å². The monoisotopic (exact) mass is 192 g/mol. The van der Waals surface area contributed by atoms with Crippen molar-refractivity contribution in [2.45, 2.75) is 13.3 Å². The number of rotatable bonds is 4. The Morgan fingerprint density at radius 1 is 1.50 bits per heavy atom. The molecule has 0 spiro atoms. The van der Waals surface area contributed by atoms with Gasteiger partial charge in [-0.1, -0.05) is 24.3 Å². The van der Waals surface area contributed by atoms with Crippen LogP contribution >= 0.6 is 0 Å². The largest absolute Gasteiger partial charge is 0.352 e. The number of hydrogen-bond acceptors (Lipinski definition) is 3. The van der Waals surface area contributed by atoms with Crippen molar-refractivity contribution in [3.05, 3.63) is 42.5 Å². The van der Waals surface area contributed by atoms with E-state index in [1.54, 1.807) is 12.1 Å². The molecule has 0 radical (unpaired) electrons. The average Bonchev–Trinajstić information content (AvgIpc) is 2.17. The van der Waals surface area contributed by atoms with Crippen molar-refractivity contribution in [3.8, 4) is 5.75 Å². The van der Waals surface area contributed by atoms with Gasteiger partial charge < -0.3 is 0 Å². The molecule has 0 bridgehead atoms. The molecule has 0 fully saturated rings. The molecule has 0 amide bonds. The topological polar surface area (TPSA) is 35.5 Å². The minimum Gasteiger partial charge on any atom is -0.287 e. The zero-order valence-corrected chi connectivity index (χ0v) is 8.03. The molecule has 3 nitrogen and oxygen atoms in total. The molecule has 14 heavy (non-hydrogen) atoms. The van der Waals surface area contributed by atoms with Crippen molar-refractivity contribution in [1.82, 2.24) is 0 Å². The Labute approximate surface area is 82.9 Å². The fraction of sp³-hybridized carbons (Fsp3) is 0.182. The van der Waals surface area contributed by atoms with Crippen LogP contribution in [-0.2, 0) is 16.1 Å². The summed E-state index contributed by atoms with van der Waals surface area (Å²) in [6.45, 7) is 4.92. The summed E-state index contributed by atoms with van der Waals surface area (Å²) in [6.07, 6.45) is 2.44. The first-order chi connectivity index (χ1) is 6.74. The third kappa shape index (κ3) is 2.94. The smallest absolute Gasteiger partial charge is 0.287 e. The molecule has 0 aromatic heterocycles. The zero-order valence-electron chi connectivity index (χ0n) is 8.03. The first-order valence-corrected chi connectivity index (χ1v) is 4.28. The molecule has 0 aliphatic rings. The predicted octanol–water partition coefficient (Wildman–Crippen LogP) is 2.27. The molecule has 1 aromatic carbocycles. The molecule has 3 heteroatoms. The van der Waals surface area contributed by atoms with Gasteiger partial charge in [0.25, 0.3) is 0 Å². The van der Waals surface area contributed by atoms with Gasteiger partial charge >= 0.3 is 5.97 Å². The van der Waals surface area contributed by atoms with Gasteiger partial charge in [-0.05, 0) is 12.5 Å². The second kappa shape index (κ2) is 5.07. The van der Waals surface area contributed by atoms with Crippen LogP contribution in [0.15, 0.2) is 36.9 Å². The number of carbonyl (C=O) groups is 1. The molecule has 1 rings (SSSR count). The summed E-state index contributed by atoms with van der Waals surface area (Å²) in [5.74, 6) is 0.0704. The summed E-state index contributed by atoms with van der Waals surface area (Å²) in [4.78, 5) is 19.8. The normalized spacial score (nSPS) is 9.21. The van der Waals surface area contributed by atoms with Gasteiger partial charge in [-0.3, -0.25) is 9.78 Å². The van der Waals surface area contributed by atoms with Gasteiger partial charge in [0.05, 0.1) is 0 Å². The predicted molar refractivity (Wildman–Crippen MR) is 52.7 cm³/mol. The van der Waals surface area contributed by atoms with Gasteiger partial charge in [0.2, 0.25) is 0 Å². The lowest BCUT2D eigenvalue weighted by molar-refractivity contribution is -0.211. The maximum Gasteiger partial charge on any atom is 0.352 e. The first kappa shape index (κ1) is 10.3. The number of para-hydroxylation sites is 1. The van der Waals surface area contributed by atoms with E-state index in [4.69, 9.17) is 4.89 Å². The maximum absolute atomic E-state index is 10.5. The Bertz CT molecular complexity index is 331. The highest BCUT2D eigenvalue weighted by Gasteiger charge is 2.03. The van der Waals surface area contributed by atoms with Gasteiger partial charge in [0.15, 0.2) is 5.75 Å². The van der Waals surface area contributed by atoms with Crippen molar-refractivity contribution < 1.29 is 14.6 Å². The number of carbonyl (C=O) groups excluding carboxylic acids is 1. The van der Waals surface area contributed by atoms with E-state index in [-0.39, 0.29) is 0 Å². The van der Waals surface area contributed by atoms with E-state index in [1.165, 1.54) is 6.92 Å². The second-order valence-electron chi connectivity index (χ2n) is 2.76. The maximum atomic E-state index is 10.5. The Balaban J connectivity index is 2.73. The van der Waals surface area contributed by atoms with Crippen LogP contribution in [-0.4, -0.2) is 5.97 Å². The van der Waals surface area contributed by atoms with Gasteiger partial charge in [-0.2, -0.15) is 0 Å². The van der Waals surface area contributed by atoms with E-state index >= 15 is 0 Å². The number of allylic oxidation sites excluding steroid dienone is 1. The molecular weight excluding hydrogens is 180 g/mol. The summed E-state index contributed by atoms with van der Waals surface area (Å²) in [7, 11) is 0. The van der Waals surface area contributed by atoms with E-state index in [0.29, 0.717) is 12.2 Å². The molecule has 0 N–H and O–H groups in total. The molecule has 0 saturated heterocycles. The Kier molecular flexibility index (Phi) is 3.73. The summed E-state index contributed by atoms with van der Waals surface area (Å²) in [5.41, 5.74) is 0.934. The SMILES string of the molecule is C=CCc1ccccc1OOC(C)=O. The van der Waals surface area contributed by atoms with Crippen LogP contribution in [0.2, 0.25) is 0 Å². The van der Waals surface area contributed by atoms with Crippen LogP contribution in [0.4, 0.5) is 0 Å². The minimum atomic E-state index is -0.474. The number of hydrogen-bond donors (Lipinski definition) is 0. The van der Waals surface area contributed by atoms with Crippen molar-refractivity contribution in [2.75, 3.05) is 0 Å². The van der Waals surface area contributed by atoms with Crippen LogP contribution in [0, 0.1) is 0 Å². The minimum absolute atomic E-state index is 0.474. The highest BCUT2D eigenvalue weighted by Crippen LogP contribution is 2.18. The van der Waals surface area contributed by atoms with Gasteiger partial charge in [0.1, 0.15) is 0 Å². The molecule has 1 aromatic rings. The fourth-order valence-corrected chi connectivity index (χ4v) is 1.01. The van der Waals surface area contributed by atoms with Crippen LogP contribution < -0.4 is 4.89 Å². The van der Waals surface area contributed by atoms with E-state index in [1.807, 2.05) is 18.2 Å². The highest BCUT2D eigenvalue weighted by atomic mass is 17.2. The van der Waals surface area contributed by atoms with Crippen LogP contribution in [0.25, 0.3) is 0 Å². The van der Waals surface area contributed by atoms with Crippen molar-refractivity contribution in [1.29, 1.82) is 0 Å². The Hall–Kier alpha value is -1.77. The van der Waals surface area contributed by atoms with Gasteiger partial charge in [0, 0.05) is 12.5 Å². The standard InChI is InChI=1S/C11H12O3/c1-3-6-10-7-4-5-8-11(10)14-13-9(2)12/h3-5,7-8H,1,6H2,2H3. The molecule has 0 unspecified atom stereocenters. The molecular formula is C11H12O3. The average molecular weight is 192 g/mol. The lowest BCUT2D eigenvalue weighted by Crippen LogP contribution is -2.04. The van der Waals surface area contributed by atoms with Crippen molar-refractivity contribution in [3.63, 3.8) is 0 Å². The Morgan fingerprint density at radius 3 is 2.86 bits per heavy atom. The number of benzene rings is 1. The van der Waals surface area contributed by atoms with E-state index in [9.17, 15) is 4.79 Å². The third-order valence-corrected chi connectivity index (χ3v) is 1.59. The van der Waals surface area contributed by atoms with Gasteiger partial charge in [-0.25, -0.2) is 4.79 Å². The quantitative estimate of drug-likeness (QED) is 0.417. The summed E-state index contributed by atoms with van der Waals surface area (Å²) < 4.78 is 0. The van der Waals surface area contributed by atoms with E-state index in [2.05, 4.69) is 11.5 Å². The molecule has 0 aliphatic heterocycles. The summed E-state index contributed by atoms with van der Waals surface area (Å²) in [6, 6.07) is 7.33. The fourth-order valence-electron chi connectivity index (χ4n) is 1.01. The molecule has 0 heterocycles.